The van der Waals surface area contributed by atoms with E-state index in [0.29, 0.717) is 24.4 Å². The van der Waals surface area contributed by atoms with E-state index in [1.165, 1.54) is 24.6 Å². The number of anilines is 1. The Bertz CT molecular complexity index is 1230. The Balaban J connectivity index is 1.27. The molecule has 160 valence electrons. The first-order valence-corrected chi connectivity index (χ1v) is 11.6. The summed E-state index contributed by atoms with van der Waals surface area (Å²) >= 11 is 1.52. The molecule has 0 bridgehead atoms. The summed E-state index contributed by atoms with van der Waals surface area (Å²) < 4.78 is 7.11. The first-order chi connectivity index (χ1) is 15.2. The van der Waals surface area contributed by atoms with E-state index in [1.807, 2.05) is 41.4 Å². The number of hydrogen-bond acceptors (Lipinski definition) is 8. The molecule has 1 saturated heterocycles. The van der Waals surface area contributed by atoms with Crippen LogP contribution in [0.15, 0.2) is 40.1 Å². The van der Waals surface area contributed by atoms with Gasteiger partial charge in [-0.05, 0) is 31.2 Å². The second-order valence-electron chi connectivity index (χ2n) is 7.49. The summed E-state index contributed by atoms with van der Waals surface area (Å²) in [5.74, 6) is 0.854. The molecule has 4 aromatic rings. The van der Waals surface area contributed by atoms with Crippen LogP contribution in [0.1, 0.15) is 18.5 Å². The average molecular weight is 438 g/mol. The van der Waals surface area contributed by atoms with Crippen molar-refractivity contribution in [2.24, 2.45) is 0 Å². The van der Waals surface area contributed by atoms with Gasteiger partial charge in [-0.1, -0.05) is 29.1 Å². The zero-order valence-corrected chi connectivity index (χ0v) is 18.1. The van der Waals surface area contributed by atoms with E-state index >= 15 is 0 Å². The predicted molar refractivity (Wildman–Crippen MR) is 119 cm³/mol. The predicted octanol–water partition coefficient (Wildman–Crippen LogP) is 2.65. The van der Waals surface area contributed by atoms with Crippen LogP contribution in [0.5, 0.6) is 0 Å². The van der Waals surface area contributed by atoms with Gasteiger partial charge >= 0.3 is 0 Å². The van der Waals surface area contributed by atoms with Crippen LogP contribution < -0.4 is 10.2 Å². The number of nitrogens with zero attached hydrogens (tertiary/aromatic N) is 6. The van der Waals surface area contributed by atoms with Crippen LogP contribution in [0.2, 0.25) is 0 Å². The van der Waals surface area contributed by atoms with Crippen LogP contribution in [-0.2, 0) is 17.8 Å². The average Bonchev–Trinajstić information content (AvgIpc) is 3.54. The standard InChI is InChI=1S/C21H23N7O2S/c1-31-21-24-19(27-9-4-5-10-27)15-13-23-28(20(15)25-21)11-8-22-18(29)12-16-14-6-2-3-7-17(14)30-26-16/h2-3,6-7,13H,4-5,8-12H2,1H3,(H,22,29). The van der Waals surface area contributed by atoms with Gasteiger partial charge in [0, 0.05) is 25.0 Å². The lowest BCUT2D eigenvalue weighted by atomic mass is 10.1. The molecule has 0 radical (unpaired) electrons. The van der Waals surface area contributed by atoms with Crippen molar-refractivity contribution in [2.75, 3.05) is 30.8 Å². The number of amides is 1. The summed E-state index contributed by atoms with van der Waals surface area (Å²) in [5.41, 5.74) is 2.13. The Morgan fingerprint density at radius 2 is 2.03 bits per heavy atom. The van der Waals surface area contributed by atoms with E-state index in [0.717, 1.165) is 40.5 Å². The minimum atomic E-state index is -0.104. The fourth-order valence-electron chi connectivity index (χ4n) is 3.93. The molecule has 0 unspecified atom stereocenters. The Labute approximate surface area is 183 Å². The Morgan fingerprint density at radius 1 is 1.19 bits per heavy atom. The van der Waals surface area contributed by atoms with Crippen LogP contribution in [0.3, 0.4) is 0 Å². The topological polar surface area (TPSA) is 102 Å². The van der Waals surface area contributed by atoms with Crippen LogP contribution in [-0.4, -0.2) is 56.7 Å². The van der Waals surface area contributed by atoms with Gasteiger partial charge in [0.15, 0.2) is 16.4 Å². The first-order valence-electron chi connectivity index (χ1n) is 10.4. The first kappa shape index (κ1) is 19.8. The summed E-state index contributed by atoms with van der Waals surface area (Å²) in [6, 6.07) is 7.54. The molecule has 9 nitrogen and oxygen atoms in total. The van der Waals surface area contributed by atoms with Gasteiger partial charge in [-0.15, -0.1) is 0 Å². The van der Waals surface area contributed by atoms with Crippen molar-refractivity contribution in [1.82, 2.24) is 30.2 Å². The lowest BCUT2D eigenvalue weighted by Crippen LogP contribution is -2.29. The molecule has 1 aromatic carbocycles. The van der Waals surface area contributed by atoms with Crippen molar-refractivity contribution in [2.45, 2.75) is 31.0 Å². The summed E-state index contributed by atoms with van der Waals surface area (Å²) in [6.07, 6.45) is 6.34. The van der Waals surface area contributed by atoms with E-state index in [-0.39, 0.29) is 12.3 Å². The molecule has 0 spiro atoms. The molecule has 5 rings (SSSR count). The van der Waals surface area contributed by atoms with Crippen LogP contribution in [0.25, 0.3) is 22.0 Å². The summed E-state index contributed by atoms with van der Waals surface area (Å²) in [4.78, 5) is 24.1. The zero-order chi connectivity index (χ0) is 21.2. The van der Waals surface area contributed by atoms with Gasteiger partial charge in [-0.3, -0.25) is 4.79 Å². The number of hydrogen-bond donors (Lipinski definition) is 1. The van der Waals surface area contributed by atoms with Gasteiger partial charge in [0.25, 0.3) is 0 Å². The number of fused-ring (bicyclic) bond motifs is 2. The van der Waals surface area contributed by atoms with E-state index in [1.54, 1.807) is 0 Å². The number of benzene rings is 1. The van der Waals surface area contributed by atoms with Crippen molar-refractivity contribution in [3.63, 3.8) is 0 Å². The van der Waals surface area contributed by atoms with Gasteiger partial charge in [0.2, 0.25) is 5.91 Å². The number of aromatic nitrogens is 5. The second-order valence-corrected chi connectivity index (χ2v) is 8.26. The molecule has 0 saturated carbocycles. The van der Waals surface area contributed by atoms with E-state index in [2.05, 4.69) is 25.5 Å². The summed E-state index contributed by atoms with van der Waals surface area (Å²) in [6.45, 7) is 3.00. The van der Waals surface area contributed by atoms with E-state index in [4.69, 9.17) is 9.51 Å². The Kier molecular flexibility index (Phi) is 5.46. The van der Waals surface area contributed by atoms with Crippen molar-refractivity contribution in [3.05, 3.63) is 36.2 Å². The van der Waals surface area contributed by atoms with Crippen molar-refractivity contribution >= 4 is 45.5 Å². The van der Waals surface area contributed by atoms with Gasteiger partial charge in [0.05, 0.1) is 24.5 Å². The highest BCUT2D eigenvalue weighted by Gasteiger charge is 2.20. The third kappa shape index (κ3) is 3.95. The van der Waals surface area contributed by atoms with Gasteiger partial charge < -0.3 is 14.7 Å². The number of carbonyl (C=O) groups excluding carboxylic acids is 1. The molecule has 1 aliphatic rings. The van der Waals surface area contributed by atoms with Gasteiger partial charge in [-0.25, -0.2) is 14.6 Å². The molecular formula is C21H23N7O2S. The highest BCUT2D eigenvalue weighted by molar-refractivity contribution is 7.98. The molecule has 1 amide bonds. The smallest absolute Gasteiger partial charge is 0.226 e. The van der Waals surface area contributed by atoms with Crippen molar-refractivity contribution in [3.8, 4) is 0 Å². The lowest BCUT2D eigenvalue weighted by Gasteiger charge is -2.17. The van der Waals surface area contributed by atoms with Crippen LogP contribution >= 0.6 is 11.8 Å². The molecule has 0 atom stereocenters. The maximum atomic E-state index is 12.4. The third-order valence-electron chi connectivity index (χ3n) is 5.47. The molecular weight excluding hydrogens is 414 g/mol. The number of para-hydroxylation sites is 1. The molecule has 4 heterocycles. The maximum absolute atomic E-state index is 12.4. The van der Waals surface area contributed by atoms with E-state index < -0.39 is 0 Å². The van der Waals surface area contributed by atoms with Crippen molar-refractivity contribution < 1.29 is 9.32 Å². The number of thioether (sulfide) groups is 1. The zero-order valence-electron chi connectivity index (χ0n) is 17.2. The fraction of sp³-hybridized carbons (Fsp3) is 0.381. The molecule has 1 aliphatic heterocycles. The Morgan fingerprint density at radius 3 is 2.87 bits per heavy atom. The van der Waals surface area contributed by atoms with E-state index in [9.17, 15) is 4.79 Å². The monoisotopic (exact) mass is 437 g/mol. The minimum absolute atomic E-state index is 0.104. The SMILES string of the molecule is CSc1nc(N2CCCC2)c2cnn(CCNC(=O)Cc3noc4ccccc34)c2n1. The number of carbonyl (C=O) groups is 1. The maximum Gasteiger partial charge on any atom is 0.226 e. The molecule has 10 heteroatoms. The minimum Gasteiger partial charge on any atom is -0.356 e. The molecule has 1 fully saturated rings. The number of nitrogens with one attached hydrogen (secondary N) is 1. The molecule has 0 aliphatic carbocycles. The van der Waals surface area contributed by atoms with Crippen LogP contribution in [0, 0.1) is 0 Å². The Hall–Kier alpha value is -3.14. The normalized spacial score (nSPS) is 14.0. The summed E-state index contributed by atoms with van der Waals surface area (Å²) in [7, 11) is 0. The molecule has 31 heavy (non-hydrogen) atoms. The highest BCUT2D eigenvalue weighted by atomic mass is 32.2. The largest absolute Gasteiger partial charge is 0.356 e. The van der Waals surface area contributed by atoms with Gasteiger partial charge in [-0.2, -0.15) is 5.10 Å². The lowest BCUT2D eigenvalue weighted by molar-refractivity contribution is -0.120. The molecule has 1 N–H and O–H groups in total. The number of rotatable bonds is 7. The second kappa shape index (κ2) is 8.54. The molecule has 3 aromatic heterocycles. The van der Waals surface area contributed by atoms with Crippen LogP contribution in [0.4, 0.5) is 5.82 Å². The van der Waals surface area contributed by atoms with Crippen molar-refractivity contribution in [1.29, 1.82) is 0 Å². The highest BCUT2D eigenvalue weighted by Crippen LogP contribution is 2.28. The van der Waals surface area contributed by atoms with Gasteiger partial charge in [0.1, 0.15) is 11.5 Å². The quantitative estimate of drug-likeness (QED) is 0.348. The third-order valence-corrected chi connectivity index (χ3v) is 6.02. The fourth-order valence-corrected chi connectivity index (χ4v) is 4.28. The summed E-state index contributed by atoms with van der Waals surface area (Å²) in [5, 5.41) is 14.0.